The van der Waals surface area contributed by atoms with Crippen LogP contribution in [-0.2, 0) is 6.54 Å². The Kier molecular flexibility index (Phi) is 3.72. The highest BCUT2D eigenvalue weighted by Gasteiger charge is 2.11. The van der Waals surface area contributed by atoms with Crippen LogP contribution in [0.5, 0.6) is 5.75 Å². The van der Waals surface area contributed by atoms with Gasteiger partial charge in [-0.3, -0.25) is 4.68 Å². The number of anilines is 1. The highest BCUT2D eigenvalue weighted by atomic mass is 16.3. The van der Waals surface area contributed by atoms with Crippen LogP contribution in [0.15, 0.2) is 36.9 Å². The van der Waals surface area contributed by atoms with Gasteiger partial charge < -0.3 is 15.8 Å². The highest BCUT2D eigenvalue weighted by molar-refractivity contribution is 5.54. The maximum absolute atomic E-state index is 9.87. The zero-order valence-electron chi connectivity index (χ0n) is 10.5. The lowest BCUT2D eigenvalue weighted by Crippen LogP contribution is -2.33. The van der Waals surface area contributed by atoms with Gasteiger partial charge in [0.15, 0.2) is 0 Å². The largest absolute Gasteiger partial charge is 0.508 e. The molecule has 0 amide bonds. The number of rotatable bonds is 5. The summed E-state index contributed by atoms with van der Waals surface area (Å²) >= 11 is 0. The van der Waals surface area contributed by atoms with Gasteiger partial charge in [-0.1, -0.05) is 13.0 Å². The van der Waals surface area contributed by atoms with Crippen molar-refractivity contribution in [2.75, 3.05) is 17.3 Å². The van der Waals surface area contributed by atoms with Gasteiger partial charge in [-0.25, -0.2) is 4.98 Å². The molecule has 96 valence electrons. The van der Waals surface area contributed by atoms with Gasteiger partial charge >= 0.3 is 0 Å². The predicted octanol–water partition coefficient (Wildman–Crippen LogP) is 1.72. The van der Waals surface area contributed by atoms with E-state index in [1.54, 1.807) is 30.7 Å². The van der Waals surface area contributed by atoms with Gasteiger partial charge in [-0.05, 0) is 18.6 Å². The number of aromatic hydroxyl groups is 1. The number of phenolic OH excluding ortho intramolecular Hbond substituents is 1. The molecule has 0 unspecified atom stereocenters. The third-order valence-electron chi connectivity index (χ3n) is 2.83. The molecule has 1 aromatic heterocycles. The van der Waals surface area contributed by atoms with E-state index in [1.807, 2.05) is 10.9 Å². The lowest BCUT2D eigenvalue weighted by molar-refractivity contribution is 0.462. The number of nitrogens with zero attached hydrogens (tertiary/aromatic N) is 3. The van der Waals surface area contributed by atoms with Gasteiger partial charge in [-0.15, -0.1) is 0 Å². The molecule has 0 bridgehead atoms. The summed E-state index contributed by atoms with van der Waals surface area (Å²) in [7, 11) is 0. The molecular weight excluding hydrogens is 228 g/mol. The molecule has 0 radical (unpaired) electrons. The smallest absolute Gasteiger partial charge is 0.122 e. The number of nitrogens with two attached hydrogens (primary N) is 1. The van der Waals surface area contributed by atoms with Gasteiger partial charge in [0.05, 0.1) is 6.54 Å². The molecule has 0 aliphatic rings. The van der Waals surface area contributed by atoms with Gasteiger partial charge in [0.25, 0.3) is 0 Å². The molecule has 0 saturated heterocycles. The first kappa shape index (κ1) is 12.3. The third-order valence-corrected chi connectivity index (χ3v) is 2.83. The van der Waals surface area contributed by atoms with E-state index in [0.717, 1.165) is 18.5 Å². The van der Waals surface area contributed by atoms with Crippen molar-refractivity contribution in [1.82, 2.24) is 9.66 Å². The fourth-order valence-electron chi connectivity index (χ4n) is 1.90. The molecule has 1 aromatic carbocycles. The van der Waals surface area contributed by atoms with Crippen molar-refractivity contribution in [3.05, 3.63) is 42.5 Å². The average Bonchev–Trinajstić information content (AvgIpc) is 2.86. The van der Waals surface area contributed by atoms with Crippen molar-refractivity contribution in [1.29, 1.82) is 0 Å². The molecule has 0 aliphatic heterocycles. The molecule has 2 rings (SSSR count). The van der Waals surface area contributed by atoms with E-state index in [-0.39, 0.29) is 5.75 Å². The number of nitrogen functional groups attached to an aromatic ring is 1. The minimum absolute atomic E-state index is 0.233. The Hall–Kier alpha value is -2.17. The normalized spacial score (nSPS) is 10.5. The average molecular weight is 246 g/mol. The van der Waals surface area contributed by atoms with E-state index in [0.29, 0.717) is 12.2 Å². The molecule has 18 heavy (non-hydrogen) atoms. The zero-order chi connectivity index (χ0) is 13.0. The SMILES string of the molecule is CCCN(Cc1c(N)cccc1O)n1ccnc1. The number of imidazole rings is 1. The molecule has 5 nitrogen and oxygen atoms in total. The Morgan fingerprint density at radius 1 is 1.44 bits per heavy atom. The summed E-state index contributed by atoms with van der Waals surface area (Å²) in [6.07, 6.45) is 6.36. The Morgan fingerprint density at radius 2 is 2.28 bits per heavy atom. The molecule has 0 aliphatic carbocycles. The highest BCUT2D eigenvalue weighted by Crippen LogP contribution is 2.24. The molecular formula is C13H18N4O. The first-order valence-electron chi connectivity index (χ1n) is 6.02. The second-order valence-corrected chi connectivity index (χ2v) is 4.18. The van der Waals surface area contributed by atoms with Crippen LogP contribution in [0.3, 0.4) is 0 Å². The zero-order valence-corrected chi connectivity index (χ0v) is 10.5. The second-order valence-electron chi connectivity index (χ2n) is 4.18. The van der Waals surface area contributed by atoms with Crippen LogP contribution in [0.25, 0.3) is 0 Å². The quantitative estimate of drug-likeness (QED) is 0.788. The van der Waals surface area contributed by atoms with Crippen LogP contribution in [0, 0.1) is 0 Å². The third kappa shape index (κ3) is 2.56. The number of benzene rings is 1. The van der Waals surface area contributed by atoms with Crippen molar-refractivity contribution < 1.29 is 5.11 Å². The van der Waals surface area contributed by atoms with E-state index in [1.165, 1.54) is 0 Å². The minimum atomic E-state index is 0.233. The summed E-state index contributed by atoms with van der Waals surface area (Å²) in [5, 5.41) is 12.0. The number of phenols is 1. The van der Waals surface area contributed by atoms with E-state index < -0.39 is 0 Å². The molecule has 5 heteroatoms. The van der Waals surface area contributed by atoms with Crippen molar-refractivity contribution in [2.45, 2.75) is 19.9 Å². The summed E-state index contributed by atoms with van der Waals surface area (Å²) in [6.45, 7) is 3.53. The van der Waals surface area contributed by atoms with E-state index in [9.17, 15) is 5.11 Å². The molecule has 0 fully saturated rings. The lowest BCUT2D eigenvalue weighted by Gasteiger charge is -2.25. The van der Waals surface area contributed by atoms with Crippen LogP contribution in [0.2, 0.25) is 0 Å². The van der Waals surface area contributed by atoms with Gasteiger partial charge in [0, 0.05) is 30.2 Å². The fourth-order valence-corrected chi connectivity index (χ4v) is 1.90. The summed E-state index contributed by atoms with van der Waals surface area (Å²) in [5.41, 5.74) is 7.26. The fraction of sp³-hybridized carbons (Fsp3) is 0.308. The van der Waals surface area contributed by atoms with Gasteiger partial charge in [0.1, 0.15) is 12.1 Å². The molecule has 1 heterocycles. The molecule has 2 aromatic rings. The van der Waals surface area contributed by atoms with E-state index in [4.69, 9.17) is 5.73 Å². The molecule has 3 N–H and O–H groups in total. The van der Waals surface area contributed by atoms with Crippen molar-refractivity contribution >= 4 is 5.69 Å². The molecule has 0 atom stereocenters. The summed E-state index contributed by atoms with van der Waals surface area (Å²) < 4.78 is 1.91. The van der Waals surface area contributed by atoms with Crippen LogP contribution in [0.1, 0.15) is 18.9 Å². The predicted molar refractivity (Wildman–Crippen MR) is 71.8 cm³/mol. The summed E-state index contributed by atoms with van der Waals surface area (Å²) in [5.74, 6) is 0.233. The molecule has 0 saturated carbocycles. The van der Waals surface area contributed by atoms with Crippen molar-refractivity contribution in [3.8, 4) is 5.75 Å². The van der Waals surface area contributed by atoms with E-state index >= 15 is 0 Å². The Morgan fingerprint density at radius 3 is 2.89 bits per heavy atom. The van der Waals surface area contributed by atoms with Crippen molar-refractivity contribution in [3.63, 3.8) is 0 Å². The number of hydrogen-bond donors (Lipinski definition) is 2. The standard InChI is InChI=1S/C13H18N4O/c1-2-7-16(17-8-6-15-10-17)9-11-12(14)4-3-5-13(11)18/h3-6,8,10,18H,2,7,9,14H2,1H3. The Bertz CT molecular complexity index is 475. The van der Waals surface area contributed by atoms with Crippen LogP contribution < -0.4 is 10.7 Å². The number of aromatic nitrogens is 2. The van der Waals surface area contributed by atoms with Crippen LogP contribution in [-0.4, -0.2) is 21.3 Å². The van der Waals surface area contributed by atoms with Gasteiger partial charge in [0.2, 0.25) is 0 Å². The molecule has 0 spiro atoms. The first-order valence-corrected chi connectivity index (χ1v) is 6.02. The van der Waals surface area contributed by atoms with Gasteiger partial charge in [-0.2, -0.15) is 0 Å². The summed E-state index contributed by atoms with van der Waals surface area (Å²) in [4.78, 5) is 4.04. The van der Waals surface area contributed by atoms with E-state index in [2.05, 4.69) is 16.9 Å². The minimum Gasteiger partial charge on any atom is -0.508 e. The second kappa shape index (κ2) is 5.44. The Balaban J connectivity index is 2.24. The number of hydrogen-bond acceptors (Lipinski definition) is 4. The lowest BCUT2D eigenvalue weighted by atomic mass is 10.1. The van der Waals surface area contributed by atoms with Crippen LogP contribution in [0.4, 0.5) is 5.69 Å². The van der Waals surface area contributed by atoms with Crippen molar-refractivity contribution in [2.24, 2.45) is 0 Å². The topological polar surface area (TPSA) is 67.3 Å². The van der Waals surface area contributed by atoms with Crippen LogP contribution >= 0.6 is 0 Å². The maximum Gasteiger partial charge on any atom is 0.122 e. The Labute approximate surface area is 106 Å². The monoisotopic (exact) mass is 246 g/mol. The maximum atomic E-state index is 9.87. The summed E-state index contributed by atoms with van der Waals surface area (Å²) in [6, 6.07) is 5.20. The first-order chi connectivity index (χ1) is 8.72.